The zero-order chi connectivity index (χ0) is 22.9. The van der Waals surface area contributed by atoms with Crippen molar-refractivity contribution in [2.75, 3.05) is 13.7 Å². The Hall–Kier alpha value is -2.15. The minimum atomic E-state index is -0.514. The summed E-state index contributed by atoms with van der Waals surface area (Å²) >= 11 is 1.74. The van der Waals surface area contributed by atoms with Crippen molar-refractivity contribution >= 4 is 33.6 Å². The summed E-state index contributed by atoms with van der Waals surface area (Å²) < 4.78 is 11.9. The monoisotopic (exact) mass is 456 g/mol. The zero-order valence-electron chi connectivity index (χ0n) is 19.6. The fourth-order valence-electron chi connectivity index (χ4n) is 5.85. The Morgan fingerprint density at radius 3 is 2.56 bits per heavy atom. The van der Waals surface area contributed by atoms with Crippen molar-refractivity contribution in [3.8, 4) is 0 Å². The number of carbonyl (C=O) groups excluding carboxylic acids is 2. The van der Waals surface area contributed by atoms with Crippen molar-refractivity contribution in [2.24, 2.45) is 11.3 Å². The summed E-state index contributed by atoms with van der Waals surface area (Å²) in [6.45, 7) is 8.62. The summed E-state index contributed by atoms with van der Waals surface area (Å²) in [6.07, 6.45) is 4.33. The molecule has 0 radical (unpaired) electrons. The highest BCUT2D eigenvalue weighted by molar-refractivity contribution is 7.18. The number of hydrogen-bond acceptors (Lipinski definition) is 6. The predicted octanol–water partition coefficient (Wildman–Crippen LogP) is 5.60. The van der Waals surface area contributed by atoms with Crippen molar-refractivity contribution in [3.63, 3.8) is 0 Å². The minimum Gasteiger partial charge on any atom is -0.469 e. The van der Waals surface area contributed by atoms with Gasteiger partial charge in [0.2, 0.25) is 0 Å². The number of fused-ring (bicyclic) bond motifs is 1. The lowest BCUT2D eigenvalue weighted by Gasteiger charge is -2.67. The molecule has 172 valence electrons. The maximum absolute atomic E-state index is 13.0. The first-order valence-corrected chi connectivity index (χ1v) is 12.3. The SMILES string of the molecule is COC(=O)C12CC(c3nc4cc([C@H]5CC[C@H](C)CN5C(=O)OC(C)(C)C)ccc4s3)(C1)C2. The van der Waals surface area contributed by atoms with Gasteiger partial charge < -0.3 is 14.4 Å². The molecule has 2 bridgehead atoms. The van der Waals surface area contributed by atoms with Gasteiger partial charge in [0, 0.05) is 12.0 Å². The molecule has 2 heterocycles. The van der Waals surface area contributed by atoms with Crippen molar-refractivity contribution in [1.29, 1.82) is 0 Å². The Labute approximate surface area is 193 Å². The summed E-state index contributed by atoms with van der Waals surface area (Å²) in [5.41, 5.74) is 1.39. The number of benzene rings is 1. The fourth-order valence-corrected chi connectivity index (χ4v) is 6.98. The topological polar surface area (TPSA) is 68.7 Å². The summed E-state index contributed by atoms with van der Waals surface area (Å²) in [5.74, 6) is 0.385. The Kier molecular flexibility index (Phi) is 4.86. The fraction of sp³-hybridized carbons (Fsp3) is 0.640. The van der Waals surface area contributed by atoms with Crippen LogP contribution in [0.15, 0.2) is 18.2 Å². The number of likely N-dealkylation sites (tertiary alicyclic amines) is 1. The molecule has 1 aromatic heterocycles. The molecule has 1 amide bonds. The van der Waals surface area contributed by atoms with Gasteiger partial charge in [-0.05, 0) is 76.5 Å². The maximum Gasteiger partial charge on any atom is 0.410 e. The van der Waals surface area contributed by atoms with Crippen molar-refractivity contribution < 1.29 is 19.1 Å². The zero-order valence-corrected chi connectivity index (χ0v) is 20.4. The average Bonchev–Trinajstić information content (AvgIpc) is 3.07. The molecule has 1 saturated heterocycles. The molecule has 4 aliphatic rings. The van der Waals surface area contributed by atoms with Gasteiger partial charge in [-0.25, -0.2) is 9.78 Å². The van der Waals surface area contributed by atoms with Crippen LogP contribution in [0.5, 0.6) is 0 Å². The van der Waals surface area contributed by atoms with E-state index < -0.39 is 5.60 Å². The molecule has 0 spiro atoms. The van der Waals surface area contributed by atoms with Crippen LogP contribution in [0.3, 0.4) is 0 Å². The van der Waals surface area contributed by atoms with E-state index in [1.54, 1.807) is 11.3 Å². The quantitative estimate of drug-likeness (QED) is 0.563. The smallest absolute Gasteiger partial charge is 0.410 e. The maximum atomic E-state index is 13.0. The minimum absolute atomic E-state index is 0.00754. The first kappa shape index (κ1) is 21.7. The van der Waals surface area contributed by atoms with Crippen LogP contribution in [0.25, 0.3) is 10.2 Å². The standard InChI is InChI=1S/C25H32N2O4S/c1-15-6-8-18(27(11-15)22(29)31-23(2,3)4)16-7-9-19-17(10-16)26-20(32-19)24-12-25(13-24,14-24)21(28)30-5/h7,9-10,15,18H,6,8,11-14H2,1-5H3/t15-,18+,24?,25?/m0/s1. The Morgan fingerprint density at radius 2 is 1.91 bits per heavy atom. The number of piperidine rings is 1. The van der Waals surface area contributed by atoms with Gasteiger partial charge >= 0.3 is 12.1 Å². The van der Waals surface area contributed by atoms with Crippen LogP contribution in [0.4, 0.5) is 4.79 Å². The molecule has 0 unspecified atom stereocenters. The largest absolute Gasteiger partial charge is 0.469 e. The first-order valence-electron chi connectivity index (χ1n) is 11.5. The lowest BCUT2D eigenvalue weighted by atomic mass is 9.35. The van der Waals surface area contributed by atoms with Gasteiger partial charge in [0.05, 0.1) is 28.8 Å². The van der Waals surface area contributed by atoms with Crippen LogP contribution >= 0.6 is 11.3 Å². The molecule has 6 nitrogen and oxygen atoms in total. The lowest BCUT2D eigenvalue weighted by molar-refractivity contribution is -0.198. The van der Waals surface area contributed by atoms with Crippen LogP contribution in [-0.2, 0) is 19.7 Å². The van der Waals surface area contributed by atoms with Gasteiger partial charge in [0.1, 0.15) is 10.6 Å². The number of carbonyl (C=O) groups is 2. The van der Waals surface area contributed by atoms with Gasteiger partial charge in [-0.1, -0.05) is 13.0 Å². The molecule has 0 N–H and O–H groups in total. The van der Waals surface area contributed by atoms with Crippen LogP contribution in [0.1, 0.15) is 76.4 Å². The predicted molar refractivity (Wildman–Crippen MR) is 124 cm³/mol. The highest BCUT2D eigenvalue weighted by Gasteiger charge is 2.74. The molecule has 1 aliphatic heterocycles. The molecule has 32 heavy (non-hydrogen) atoms. The van der Waals surface area contributed by atoms with Crippen LogP contribution in [0, 0.1) is 11.3 Å². The second-order valence-corrected chi connectivity index (χ2v) is 12.2. The molecule has 4 fully saturated rings. The Bertz CT molecular complexity index is 1070. The molecular formula is C25H32N2O4S. The average molecular weight is 457 g/mol. The van der Waals surface area contributed by atoms with E-state index in [9.17, 15) is 9.59 Å². The van der Waals surface area contributed by atoms with Crippen LogP contribution in [-0.4, -0.2) is 41.2 Å². The summed E-state index contributed by atoms with van der Waals surface area (Å²) in [6, 6.07) is 6.43. The van der Waals surface area contributed by atoms with E-state index in [-0.39, 0.29) is 28.9 Å². The highest BCUT2D eigenvalue weighted by atomic mass is 32.1. The normalized spacial score (nSPS) is 31.6. The molecular weight excluding hydrogens is 424 g/mol. The van der Waals surface area contributed by atoms with E-state index in [1.807, 2.05) is 25.7 Å². The molecule has 2 atom stereocenters. The molecule has 3 aliphatic carbocycles. The summed E-state index contributed by atoms with van der Waals surface area (Å²) in [7, 11) is 1.47. The number of rotatable bonds is 3. The van der Waals surface area contributed by atoms with E-state index in [0.717, 1.165) is 52.9 Å². The van der Waals surface area contributed by atoms with E-state index in [4.69, 9.17) is 14.5 Å². The van der Waals surface area contributed by atoms with E-state index >= 15 is 0 Å². The third-order valence-electron chi connectivity index (χ3n) is 7.34. The number of hydrogen-bond donors (Lipinski definition) is 0. The number of nitrogens with zero attached hydrogens (tertiary/aromatic N) is 2. The molecule has 3 saturated carbocycles. The first-order chi connectivity index (χ1) is 15.0. The van der Waals surface area contributed by atoms with E-state index in [2.05, 4.69) is 25.1 Å². The van der Waals surface area contributed by atoms with Crippen LogP contribution < -0.4 is 0 Å². The van der Waals surface area contributed by atoms with Gasteiger partial charge in [-0.15, -0.1) is 11.3 Å². The molecule has 1 aromatic carbocycles. The Balaban J connectivity index is 1.39. The van der Waals surface area contributed by atoms with Crippen molar-refractivity contribution in [2.45, 2.75) is 76.9 Å². The third kappa shape index (κ3) is 3.40. The lowest BCUT2D eigenvalue weighted by Crippen LogP contribution is -2.68. The molecule has 6 rings (SSSR count). The third-order valence-corrected chi connectivity index (χ3v) is 8.63. The summed E-state index contributed by atoms with van der Waals surface area (Å²) in [5, 5.41) is 1.14. The second kappa shape index (κ2) is 7.17. The number of aromatic nitrogens is 1. The molecule has 2 aromatic rings. The van der Waals surface area contributed by atoms with E-state index in [1.165, 1.54) is 7.11 Å². The number of esters is 1. The Morgan fingerprint density at radius 1 is 1.19 bits per heavy atom. The number of ether oxygens (including phenoxy) is 2. The highest BCUT2D eigenvalue weighted by Crippen LogP contribution is 2.74. The van der Waals surface area contributed by atoms with Crippen molar-refractivity contribution in [1.82, 2.24) is 9.88 Å². The van der Waals surface area contributed by atoms with Crippen molar-refractivity contribution in [3.05, 3.63) is 28.8 Å². The van der Waals surface area contributed by atoms with Gasteiger partial charge in [-0.2, -0.15) is 0 Å². The van der Waals surface area contributed by atoms with Gasteiger partial charge in [0.15, 0.2) is 0 Å². The number of thiazole rings is 1. The number of methoxy groups -OCH3 is 1. The van der Waals surface area contributed by atoms with E-state index in [0.29, 0.717) is 12.5 Å². The number of amides is 1. The van der Waals surface area contributed by atoms with Gasteiger partial charge in [0.25, 0.3) is 0 Å². The van der Waals surface area contributed by atoms with Crippen LogP contribution in [0.2, 0.25) is 0 Å². The second-order valence-electron chi connectivity index (χ2n) is 11.2. The summed E-state index contributed by atoms with van der Waals surface area (Å²) in [4.78, 5) is 31.9. The molecule has 7 heteroatoms. The van der Waals surface area contributed by atoms with Gasteiger partial charge in [-0.3, -0.25) is 4.79 Å².